The standard InChI is InChI=1S/C18H22N2O/c19-17-8-9-18(21-14-15-6-2-1-3-7-15)16(12-17)13-20-10-4-5-11-20/h1-3,6-9,12H,4-5,10-11,13-14,19H2. The van der Waals surface area contributed by atoms with Gasteiger partial charge in [0, 0.05) is 17.8 Å². The van der Waals surface area contributed by atoms with Gasteiger partial charge in [-0.15, -0.1) is 0 Å². The zero-order valence-corrected chi connectivity index (χ0v) is 12.3. The van der Waals surface area contributed by atoms with Crippen molar-refractivity contribution in [3.63, 3.8) is 0 Å². The quantitative estimate of drug-likeness (QED) is 0.854. The van der Waals surface area contributed by atoms with E-state index in [1.165, 1.54) is 37.1 Å². The van der Waals surface area contributed by atoms with Crippen LogP contribution in [-0.4, -0.2) is 18.0 Å². The van der Waals surface area contributed by atoms with Crippen LogP contribution >= 0.6 is 0 Å². The van der Waals surface area contributed by atoms with Crippen LogP contribution in [0.1, 0.15) is 24.0 Å². The van der Waals surface area contributed by atoms with Crippen molar-refractivity contribution in [1.82, 2.24) is 4.90 Å². The van der Waals surface area contributed by atoms with Crippen molar-refractivity contribution >= 4 is 5.69 Å². The van der Waals surface area contributed by atoms with Crippen LogP contribution in [0.15, 0.2) is 48.5 Å². The minimum atomic E-state index is 0.595. The predicted octanol–water partition coefficient (Wildman–Crippen LogP) is 3.44. The van der Waals surface area contributed by atoms with E-state index in [1.807, 2.05) is 36.4 Å². The number of rotatable bonds is 5. The number of nitrogens with zero attached hydrogens (tertiary/aromatic N) is 1. The summed E-state index contributed by atoms with van der Waals surface area (Å²) >= 11 is 0. The molecule has 0 radical (unpaired) electrons. The molecule has 0 unspecified atom stereocenters. The summed E-state index contributed by atoms with van der Waals surface area (Å²) in [4.78, 5) is 2.46. The lowest BCUT2D eigenvalue weighted by Gasteiger charge is -2.18. The van der Waals surface area contributed by atoms with E-state index in [-0.39, 0.29) is 0 Å². The van der Waals surface area contributed by atoms with E-state index in [2.05, 4.69) is 17.0 Å². The number of benzene rings is 2. The third-order valence-electron chi connectivity index (χ3n) is 3.91. The van der Waals surface area contributed by atoms with Crippen LogP contribution in [-0.2, 0) is 13.2 Å². The van der Waals surface area contributed by atoms with Crippen molar-refractivity contribution in [2.45, 2.75) is 26.0 Å². The number of ether oxygens (including phenoxy) is 1. The van der Waals surface area contributed by atoms with Crippen molar-refractivity contribution in [3.05, 3.63) is 59.7 Å². The summed E-state index contributed by atoms with van der Waals surface area (Å²) in [5.74, 6) is 0.944. The molecule has 3 heteroatoms. The highest BCUT2D eigenvalue weighted by Crippen LogP contribution is 2.25. The molecule has 0 spiro atoms. The van der Waals surface area contributed by atoms with Gasteiger partial charge in [0.05, 0.1) is 0 Å². The van der Waals surface area contributed by atoms with Gasteiger partial charge in [-0.05, 0) is 49.7 Å². The first-order valence-electron chi connectivity index (χ1n) is 7.59. The van der Waals surface area contributed by atoms with Gasteiger partial charge in [0.1, 0.15) is 12.4 Å². The number of anilines is 1. The van der Waals surface area contributed by atoms with Gasteiger partial charge in [0.25, 0.3) is 0 Å². The second kappa shape index (κ2) is 6.64. The van der Waals surface area contributed by atoms with Gasteiger partial charge < -0.3 is 10.5 Å². The molecular weight excluding hydrogens is 260 g/mol. The van der Waals surface area contributed by atoms with Crippen molar-refractivity contribution in [2.24, 2.45) is 0 Å². The molecule has 1 saturated heterocycles. The van der Waals surface area contributed by atoms with E-state index >= 15 is 0 Å². The Balaban J connectivity index is 1.71. The number of nitrogens with two attached hydrogens (primary N) is 1. The van der Waals surface area contributed by atoms with Gasteiger partial charge >= 0.3 is 0 Å². The van der Waals surface area contributed by atoms with Gasteiger partial charge in [-0.1, -0.05) is 30.3 Å². The van der Waals surface area contributed by atoms with E-state index in [9.17, 15) is 0 Å². The molecule has 1 heterocycles. The predicted molar refractivity (Wildman–Crippen MR) is 86.1 cm³/mol. The molecule has 1 aliphatic heterocycles. The molecule has 21 heavy (non-hydrogen) atoms. The van der Waals surface area contributed by atoms with Crippen LogP contribution in [0.25, 0.3) is 0 Å². The minimum Gasteiger partial charge on any atom is -0.489 e. The Morgan fingerprint density at radius 2 is 1.76 bits per heavy atom. The lowest BCUT2D eigenvalue weighted by atomic mass is 10.1. The van der Waals surface area contributed by atoms with E-state index in [4.69, 9.17) is 10.5 Å². The summed E-state index contributed by atoms with van der Waals surface area (Å²) in [5.41, 5.74) is 9.11. The first-order chi connectivity index (χ1) is 10.3. The summed E-state index contributed by atoms with van der Waals surface area (Å²) in [5, 5.41) is 0. The first-order valence-corrected chi connectivity index (χ1v) is 7.59. The highest BCUT2D eigenvalue weighted by atomic mass is 16.5. The molecule has 110 valence electrons. The molecule has 0 atom stereocenters. The molecule has 0 aromatic heterocycles. The van der Waals surface area contributed by atoms with E-state index in [0.717, 1.165) is 18.0 Å². The molecule has 0 bridgehead atoms. The smallest absolute Gasteiger partial charge is 0.124 e. The highest BCUT2D eigenvalue weighted by molar-refractivity contribution is 5.48. The topological polar surface area (TPSA) is 38.5 Å². The largest absolute Gasteiger partial charge is 0.489 e. The van der Waals surface area contributed by atoms with Crippen LogP contribution in [0, 0.1) is 0 Å². The summed E-state index contributed by atoms with van der Waals surface area (Å²) in [6.07, 6.45) is 2.59. The monoisotopic (exact) mass is 282 g/mol. The molecular formula is C18H22N2O. The number of hydrogen-bond donors (Lipinski definition) is 1. The Kier molecular flexibility index (Phi) is 4.41. The SMILES string of the molecule is Nc1ccc(OCc2ccccc2)c(CN2CCCC2)c1. The first kappa shape index (κ1) is 14.0. The van der Waals surface area contributed by atoms with Gasteiger partial charge in [-0.3, -0.25) is 4.90 Å². The molecule has 1 aliphatic rings. The molecule has 2 N–H and O–H groups in total. The average molecular weight is 282 g/mol. The maximum absolute atomic E-state index is 6.01. The van der Waals surface area contributed by atoms with Crippen molar-refractivity contribution in [2.75, 3.05) is 18.8 Å². The lowest BCUT2D eigenvalue weighted by molar-refractivity contribution is 0.286. The van der Waals surface area contributed by atoms with Crippen LogP contribution in [0.2, 0.25) is 0 Å². The Morgan fingerprint density at radius 1 is 1.00 bits per heavy atom. The van der Waals surface area contributed by atoms with E-state index in [0.29, 0.717) is 6.61 Å². The average Bonchev–Trinajstić information content (AvgIpc) is 3.00. The van der Waals surface area contributed by atoms with Gasteiger partial charge in [0.2, 0.25) is 0 Å². The summed E-state index contributed by atoms with van der Waals surface area (Å²) < 4.78 is 6.01. The summed E-state index contributed by atoms with van der Waals surface area (Å²) in [6.45, 7) is 3.87. The maximum Gasteiger partial charge on any atom is 0.124 e. The van der Waals surface area contributed by atoms with E-state index in [1.54, 1.807) is 0 Å². The molecule has 0 aliphatic carbocycles. The van der Waals surface area contributed by atoms with Crippen molar-refractivity contribution in [3.8, 4) is 5.75 Å². The maximum atomic E-state index is 6.01. The zero-order valence-electron chi connectivity index (χ0n) is 12.3. The van der Waals surface area contributed by atoms with Gasteiger partial charge in [-0.25, -0.2) is 0 Å². The number of hydrogen-bond acceptors (Lipinski definition) is 3. The third kappa shape index (κ3) is 3.76. The number of nitrogen functional groups attached to an aromatic ring is 1. The molecule has 3 nitrogen and oxygen atoms in total. The summed E-state index contributed by atoms with van der Waals surface area (Å²) in [7, 11) is 0. The van der Waals surface area contributed by atoms with Crippen molar-refractivity contribution in [1.29, 1.82) is 0 Å². The lowest BCUT2D eigenvalue weighted by Crippen LogP contribution is -2.19. The Bertz CT molecular complexity index is 577. The van der Waals surface area contributed by atoms with Crippen LogP contribution in [0.5, 0.6) is 5.75 Å². The normalized spacial score (nSPS) is 15.2. The second-order valence-corrected chi connectivity index (χ2v) is 5.62. The fourth-order valence-electron chi connectivity index (χ4n) is 2.78. The Morgan fingerprint density at radius 3 is 2.52 bits per heavy atom. The zero-order chi connectivity index (χ0) is 14.5. The van der Waals surface area contributed by atoms with Crippen LogP contribution < -0.4 is 10.5 Å². The van der Waals surface area contributed by atoms with Gasteiger partial charge in [0.15, 0.2) is 0 Å². The Hall–Kier alpha value is -2.00. The molecule has 0 amide bonds. The van der Waals surface area contributed by atoms with E-state index < -0.39 is 0 Å². The fourth-order valence-corrected chi connectivity index (χ4v) is 2.78. The number of likely N-dealkylation sites (tertiary alicyclic amines) is 1. The van der Waals surface area contributed by atoms with Crippen molar-refractivity contribution < 1.29 is 4.74 Å². The molecule has 3 rings (SSSR count). The Labute approximate surface area is 126 Å². The third-order valence-corrected chi connectivity index (χ3v) is 3.91. The minimum absolute atomic E-state index is 0.595. The van der Waals surface area contributed by atoms with Gasteiger partial charge in [-0.2, -0.15) is 0 Å². The fraction of sp³-hybridized carbons (Fsp3) is 0.333. The molecule has 2 aromatic carbocycles. The molecule has 1 fully saturated rings. The highest BCUT2D eigenvalue weighted by Gasteiger charge is 2.14. The summed E-state index contributed by atoms with van der Waals surface area (Å²) in [6, 6.07) is 16.2. The second-order valence-electron chi connectivity index (χ2n) is 5.62. The molecule has 0 saturated carbocycles. The molecule has 2 aromatic rings. The van der Waals surface area contributed by atoms with Crippen LogP contribution in [0.3, 0.4) is 0 Å². The van der Waals surface area contributed by atoms with Crippen LogP contribution in [0.4, 0.5) is 5.69 Å².